The van der Waals surface area contributed by atoms with E-state index in [1.807, 2.05) is 24.3 Å². The molecule has 3 aromatic rings. The van der Waals surface area contributed by atoms with Gasteiger partial charge in [0.2, 0.25) is 0 Å². The van der Waals surface area contributed by atoms with Gasteiger partial charge in [-0.15, -0.1) is 0 Å². The molecule has 0 amide bonds. The van der Waals surface area contributed by atoms with Crippen molar-refractivity contribution in [3.63, 3.8) is 0 Å². The molecule has 0 unspecified atom stereocenters. The van der Waals surface area contributed by atoms with Crippen LogP contribution in [0, 0.1) is 18.3 Å². The lowest BCUT2D eigenvalue weighted by Gasteiger charge is -2.29. The molecular weight excluding hydrogens is 334 g/mol. The van der Waals surface area contributed by atoms with Gasteiger partial charge in [-0.2, -0.15) is 5.26 Å². The van der Waals surface area contributed by atoms with Crippen molar-refractivity contribution < 1.29 is 4.74 Å². The van der Waals surface area contributed by atoms with E-state index in [-0.39, 0.29) is 0 Å². The summed E-state index contributed by atoms with van der Waals surface area (Å²) in [5.74, 6) is 0.748. The number of benzene rings is 2. The van der Waals surface area contributed by atoms with Crippen LogP contribution in [0.1, 0.15) is 11.1 Å². The lowest BCUT2D eigenvalue weighted by atomic mass is 9.91. The maximum absolute atomic E-state index is 9.96. The summed E-state index contributed by atoms with van der Waals surface area (Å²) in [6.45, 7) is 4.93. The Kier molecular flexibility index (Phi) is 4.86. The third-order valence-corrected chi connectivity index (χ3v) is 4.90. The van der Waals surface area contributed by atoms with Crippen molar-refractivity contribution >= 4 is 5.82 Å². The van der Waals surface area contributed by atoms with E-state index in [1.165, 1.54) is 5.56 Å². The molecule has 0 spiro atoms. The lowest BCUT2D eigenvalue weighted by molar-refractivity contribution is 0.122. The van der Waals surface area contributed by atoms with Gasteiger partial charge in [0.15, 0.2) is 0 Å². The van der Waals surface area contributed by atoms with Gasteiger partial charge in [-0.05, 0) is 29.7 Å². The Balaban J connectivity index is 1.89. The monoisotopic (exact) mass is 355 g/mol. The maximum Gasteiger partial charge on any atom is 0.147 e. The zero-order valence-corrected chi connectivity index (χ0v) is 15.4. The predicted octanol–water partition coefficient (Wildman–Crippen LogP) is 4.43. The first kappa shape index (κ1) is 17.3. The number of nitriles is 1. The van der Waals surface area contributed by atoms with Crippen LogP contribution in [-0.2, 0) is 4.74 Å². The van der Waals surface area contributed by atoms with Crippen LogP contribution >= 0.6 is 0 Å². The Hall–Kier alpha value is -3.16. The van der Waals surface area contributed by atoms with E-state index in [4.69, 9.17) is 4.74 Å². The molecule has 0 bridgehead atoms. The third-order valence-electron chi connectivity index (χ3n) is 4.90. The highest BCUT2D eigenvalue weighted by atomic mass is 16.5. The van der Waals surface area contributed by atoms with Gasteiger partial charge in [-0.3, -0.25) is 0 Å². The summed E-state index contributed by atoms with van der Waals surface area (Å²) < 4.78 is 5.45. The standard InChI is InChI=1S/C23H21N3O/c1-17-7-8-19(21(15-17)18-5-3-2-4-6-18)20-9-10-25-23(22(20)16-24)26-11-13-27-14-12-26/h2-10,15H,11-14H2,1H3. The molecule has 134 valence electrons. The fraction of sp³-hybridized carbons (Fsp3) is 0.217. The van der Waals surface area contributed by atoms with E-state index in [2.05, 4.69) is 53.2 Å². The van der Waals surface area contributed by atoms with Gasteiger partial charge in [0.1, 0.15) is 17.5 Å². The van der Waals surface area contributed by atoms with Crippen molar-refractivity contribution in [3.8, 4) is 28.3 Å². The van der Waals surface area contributed by atoms with Crippen LogP contribution in [0.25, 0.3) is 22.3 Å². The molecular formula is C23H21N3O. The van der Waals surface area contributed by atoms with Crippen molar-refractivity contribution in [1.29, 1.82) is 5.26 Å². The van der Waals surface area contributed by atoms with Gasteiger partial charge in [0.25, 0.3) is 0 Å². The van der Waals surface area contributed by atoms with E-state index >= 15 is 0 Å². The molecule has 2 aromatic carbocycles. The van der Waals surface area contributed by atoms with Gasteiger partial charge in [0, 0.05) is 24.8 Å². The molecule has 0 aliphatic carbocycles. The molecule has 27 heavy (non-hydrogen) atoms. The Morgan fingerprint density at radius 2 is 1.74 bits per heavy atom. The first-order valence-corrected chi connectivity index (χ1v) is 9.16. The Morgan fingerprint density at radius 1 is 0.963 bits per heavy atom. The zero-order chi connectivity index (χ0) is 18.6. The minimum absolute atomic E-state index is 0.625. The van der Waals surface area contributed by atoms with Crippen molar-refractivity contribution in [2.75, 3.05) is 31.2 Å². The molecule has 1 aliphatic heterocycles. The number of aryl methyl sites for hydroxylation is 1. The van der Waals surface area contributed by atoms with Gasteiger partial charge in [-0.1, -0.05) is 54.1 Å². The summed E-state index contributed by atoms with van der Waals surface area (Å²) in [6.07, 6.45) is 1.80. The number of hydrogen-bond donors (Lipinski definition) is 0. The van der Waals surface area contributed by atoms with Gasteiger partial charge in [-0.25, -0.2) is 4.98 Å². The van der Waals surface area contributed by atoms with E-state index in [1.54, 1.807) is 6.20 Å². The van der Waals surface area contributed by atoms with Crippen LogP contribution in [0.15, 0.2) is 60.8 Å². The first-order valence-electron chi connectivity index (χ1n) is 9.16. The molecule has 4 heteroatoms. The highest BCUT2D eigenvalue weighted by Gasteiger charge is 2.20. The lowest BCUT2D eigenvalue weighted by Crippen LogP contribution is -2.37. The largest absolute Gasteiger partial charge is 0.378 e. The number of hydrogen-bond acceptors (Lipinski definition) is 4. The second-order valence-electron chi connectivity index (χ2n) is 6.68. The number of morpholine rings is 1. The highest BCUT2D eigenvalue weighted by Crippen LogP contribution is 2.37. The van der Waals surface area contributed by atoms with Crippen LogP contribution < -0.4 is 4.90 Å². The molecule has 0 atom stereocenters. The molecule has 0 N–H and O–H groups in total. The van der Waals surface area contributed by atoms with Gasteiger partial charge in [0.05, 0.1) is 13.2 Å². The van der Waals surface area contributed by atoms with Crippen LogP contribution in [0.5, 0.6) is 0 Å². The smallest absolute Gasteiger partial charge is 0.147 e. The second kappa shape index (κ2) is 7.61. The Bertz CT molecular complexity index is 986. The van der Waals surface area contributed by atoms with E-state index < -0.39 is 0 Å². The average molecular weight is 355 g/mol. The summed E-state index contributed by atoms with van der Waals surface area (Å²) in [5, 5.41) is 9.96. The normalized spacial score (nSPS) is 14.0. The Labute approximate surface area is 159 Å². The first-order chi connectivity index (χ1) is 13.3. The number of aromatic nitrogens is 1. The van der Waals surface area contributed by atoms with Gasteiger partial charge < -0.3 is 9.64 Å². The van der Waals surface area contributed by atoms with Crippen LogP contribution in [0.2, 0.25) is 0 Å². The van der Waals surface area contributed by atoms with Gasteiger partial charge >= 0.3 is 0 Å². The number of rotatable bonds is 3. The second-order valence-corrected chi connectivity index (χ2v) is 6.68. The Morgan fingerprint density at radius 3 is 2.48 bits per heavy atom. The molecule has 0 saturated carbocycles. The van der Waals surface area contributed by atoms with Crippen molar-refractivity contribution in [1.82, 2.24) is 4.98 Å². The van der Waals surface area contributed by atoms with Crippen LogP contribution in [-0.4, -0.2) is 31.3 Å². The average Bonchev–Trinajstić information content (AvgIpc) is 2.74. The summed E-state index contributed by atoms with van der Waals surface area (Å²) in [4.78, 5) is 6.67. The number of ether oxygens (including phenoxy) is 1. The fourth-order valence-corrected chi connectivity index (χ4v) is 3.55. The molecule has 0 radical (unpaired) electrons. The van der Waals surface area contributed by atoms with Crippen LogP contribution in [0.3, 0.4) is 0 Å². The molecule has 2 heterocycles. The fourth-order valence-electron chi connectivity index (χ4n) is 3.55. The molecule has 1 saturated heterocycles. The van der Waals surface area contributed by atoms with E-state index in [0.29, 0.717) is 18.8 Å². The number of pyridine rings is 1. The number of anilines is 1. The maximum atomic E-state index is 9.96. The quantitative estimate of drug-likeness (QED) is 0.697. The third kappa shape index (κ3) is 3.42. The summed E-state index contributed by atoms with van der Waals surface area (Å²) in [6, 6.07) is 21.0. The zero-order valence-electron chi connectivity index (χ0n) is 15.4. The van der Waals surface area contributed by atoms with Crippen molar-refractivity contribution in [2.45, 2.75) is 6.92 Å². The van der Waals surface area contributed by atoms with E-state index in [0.717, 1.165) is 41.2 Å². The molecule has 1 aliphatic rings. The van der Waals surface area contributed by atoms with E-state index in [9.17, 15) is 5.26 Å². The number of nitrogens with zero attached hydrogens (tertiary/aromatic N) is 3. The van der Waals surface area contributed by atoms with Crippen molar-refractivity contribution in [3.05, 3.63) is 71.9 Å². The summed E-state index contributed by atoms with van der Waals surface area (Å²) in [7, 11) is 0. The summed E-state index contributed by atoms with van der Waals surface area (Å²) in [5.41, 5.74) is 6.07. The topological polar surface area (TPSA) is 49.2 Å². The molecule has 1 fully saturated rings. The summed E-state index contributed by atoms with van der Waals surface area (Å²) >= 11 is 0. The SMILES string of the molecule is Cc1ccc(-c2ccnc(N3CCOCC3)c2C#N)c(-c2ccccc2)c1. The predicted molar refractivity (Wildman–Crippen MR) is 108 cm³/mol. The molecule has 1 aromatic heterocycles. The van der Waals surface area contributed by atoms with Crippen LogP contribution in [0.4, 0.5) is 5.82 Å². The molecule has 4 rings (SSSR count). The minimum atomic E-state index is 0.625. The highest BCUT2D eigenvalue weighted by molar-refractivity contribution is 5.88. The van der Waals surface area contributed by atoms with Crippen molar-refractivity contribution in [2.24, 2.45) is 0 Å². The minimum Gasteiger partial charge on any atom is -0.378 e. The molecule has 4 nitrogen and oxygen atoms in total.